The smallest absolute Gasteiger partial charge is 0.271 e. The van der Waals surface area contributed by atoms with Crippen molar-refractivity contribution in [3.8, 4) is 17.0 Å². The highest BCUT2D eigenvalue weighted by molar-refractivity contribution is 5.93. The van der Waals surface area contributed by atoms with Crippen LogP contribution in [0, 0.1) is 0 Å². The minimum atomic E-state index is -0.0650. The van der Waals surface area contributed by atoms with Gasteiger partial charge in [-0.25, -0.2) is 0 Å². The number of carbonyl (C=O) groups is 2. The van der Waals surface area contributed by atoms with Crippen LogP contribution in [0.3, 0.4) is 0 Å². The standard InChI is InChI=1S/C21H29N5O3/c1-3-9-22-20(27)15-25-10-12-26(13-11-25)21(28)19-14-18(23-24-19)16-5-7-17(8-6-16)29-4-2/h5-8,14H,3-4,9-13,15H2,1-2H3,(H,22,27)(H,23,24). The molecule has 0 bridgehead atoms. The Morgan fingerprint density at radius 1 is 1.14 bits per heavy atom. The molecule has 8 heteroatoms. The van der Waals surface area contributed by atoms with Crippen LogP contribution < -0.4 is 10.1 Å². The van der Waals surface area contributed by atoms with E-state index in [2.05, 4.69) is 20.4 Å². The molecule has 29 heavy (non-hydrogen) atoms. The molecule has 0 saturated carbocycles. The molecule has 0 atom stereocenters. The molecular weight excluding hydrogens is 370 g/mol. The fourth-order valence-electron chi connectivity index (χ4n) is 3.27. The number of aromatic nitrogens is 2. The number of hydrogen-bond donors (Lipinski definition) is 2. The maximum absolute atomic E-state index is 12.8. The number of H-pyrrole nitrogens is 1. The fraction of sp³-hybridized carbons (Fsp3) is 0.476. The summed E-state index contributed by atoms with van der Waals surface area (Å²) in [7, 11) is 0. The number of ether oxygens (including phenoxy) is 1. The van der Waals surface area contributed by atoms with Crippen LogP contribution in [0.5, 0.6) is 5.75 Å². The summed E-state index contributed by atoms with van der Waals surface area (Å²) in [5, 5.41) is 10.0. The van der Waals surface area contributed by atoms with Gasteiger partial charge >= 0.3 is 0 Å². The lowest BCUT2D eigenvalue weighted by molar-refractivity contribution is -0.122. The third kappa shape index (κ3) is 5.57. The molecule has 8 nitrogen and oxygen atoms in total. The van der Waals surface area contributed by atoms with Crippen LogP contribution in [0.15, 0.2) is 30.3 Å². The molecular formula is C21H29N5O3. The SMILES string of the molecule is CCCNC(=O)CN1CCN(C(=O)c2cc(-c3ccc(OCC)cc3)n[nH]2)CC1. The number of hydrogen-bond acceptors (Lipinski definition) is 5. The second-order valence-corrected chi connectivity index (χ2v) is 7.04. The van der Waals surface area contributed by atoms with Crippen LogP contribution in [-0.4, -0.2) is 77.7 Å². The molecule has 156 valence electrons. The zero-order valence-corrected chi connectivity index (χ0v) is 17.1. The monoisotopic (exact) mass is 399 g/mol. The fourth-order valence-corrected chi connectivity index (χ4v) is 3.27. The minimum Gasteiger partial charge on any atom is -0.494 e. The van der Waals surface area contributed by atoms with Gasteiger partial charge in [0.2, 0.25) is 5.91 Å². The average molecular weight is 399 g/mol. The highest BCUT2D eigenvalue weighted by Gasteiger charge is 2.24. The van der Waals surface area contributed by atoms with Gasteiger partial charge in [-0.05, 0) is 43.7 Å². The predicted molar refractivity (Wildman–Crippen MR) is 111 cm³/mol. The molecule has 1 aromatic heterocycles. The van der Waals surface area contributed by atoms with E-state index in [0.29, 0.717) is 51.6 Å². The van der Waals surface area contributed by atoms with Crippen molar-refractivity contribution in [3.05, 3.63) is 36.0 Å². The van der Waals surface area contributed by atoms with E-state index in [-0.39, 0.29) is 11.8 Å². The Kier molecular flexibility index (Phi) is 7.24. The molecule has 1 aromatic carbocycles. The zero-order valence-electron chi connectivity index (χ0n) is 17.1. The summed E-state index contributed by atoms with van der Waals surface area (Å²) in [6, 6.07) is 9.42. The van der Waals surface area contributed by atoms with E-state index >= 15 is 0 Å². The maximum atomic E-state index is 12.8. The number of amides is 2. The van der Waals surface area contributed by atoms with Gasteiger partial charge in [-0.2, -0.15) is 5.10 Å². The van der Waals surface area contributed by atoms with Gasteiger partial charge in [0.15, 0.2) is 0 Å². The van der Waals surface area contributed by atoms with E-state index in [9.17, 15) is 9.59 Å². The average Bonchev–Trinajstić information content (AvgIpc) is 3.23. The molecule has 0 unspecified atom stereocenters. The summed E-state index contributed by atoms with van der Waals surface area (Å²) in [5.74, 6) is 0.786. The Morgan fingerprint density at radius 2 is 1.86 bits per heavy atom. The first kappa shape index (κ1) is 20.9. The van der Waals surface area contributed by atoms with Crippen molar-refractivity contribution in [3.63, 3.8) is 0 Å². The van der Waals surface area contributed by atoms with Crippen molar-refractivity contribution in [1.82, 2.24) is 25.3 Å². The minimum absolute atomic E-state index is 0.0418. The second-order valence-electron chi connectivity index (χ2n) is 7.04. The quantitative estimate of drug-likeness (QED) is 0.706. The first-order valence-corrected chi connectivity index (χ1v) is 10.2. The first-order chi connectivity index (χ1) is 14.1. The lowest BCUT2D eigenvalue weighted by atomic mass is 10.1. The van der Waals surface area contributed by atoms with E-state index in [4.69, 9.17) is 4.74 Å². The van der Waals surface area contributed by atoms with E-state index in [0.717, 1.165) is 23.4 Å². The van der Waals surface area contributed by atoms with Gasteiger partial charge < -0.3 is 15.0 Å². The van der Waals surface area contributed by atoms with Gasteiger partial charge in [0.1, 0.15) is 11.4 Å². The molecule has 0 aliphatic carbocycles. The number of carbonyl (C=O) groups excluding carboxylic acids is 2. The number of rotatable bonds is 8. The molecule has 1 aliphatic rings. The second kappa shape index (κ2) is 10.1. The molecule has 3 rings (SSSR count). The normalized spacial score (nSPS) is 14.6. The van der Waals surface area contributed by atoms with Crippen molar-refractivity contribution in [2.75, 3.05) is 45.9 Å². The number of aromatic amines is 1. The van der Waals surface area contributed by atoms with E-state index < -0.39 is 0 Å². The van der Waals surface area contributed by atoms with Crippen LogP contribution in [0.1, 0.15) is 30.8 Å². The van der Waals surface area contributed by atoms with E-state index in [1.807, 2.05) is 38.1 Å². The van der Waals surface area contributed by atoms with Gasteiger partial charge in [0.25, 0.3) is 5.91 Å². The number of nitrogens with one attached hydrogen (secondary N) is 2. The number of piperazine rings is 1. The maximum Gasteiger partial charge on any atom is 0.271 e. The molecule has 2 heterocycles. The Bertz CT molecular complexity index is 810. The summed E-state index contributed by atoms with van der Waals surface area (Å²) in [5.41, 5.74) is 2.12. The molecule has 0 radical (unpaired) electrons. The van der Waals surface area contributed by atoms with Gasteiger partial charge in [-0.15, -0.1) is 0 Å². The zero-order chi connectivity index (χ0) is 20.6. The summed E-state index contributed by atoms with van der Waals surface area (Å²) in [6.45, 7) is 8.24. The Morgan fingerprint density at radius 3 is 2.52 bits per heavy atom. The molecule has 1 aliphatic heterocycles. The molecule has 2 N–H and O–H groups in total. The summed E-state index contributed by atoms with van der Waals surface area (Å²) < 4.78 is 5.45. The van der Waals surface area contributed by atoms with E-state index in [1.54, 1.807) is 11.0 Å². The molecule has 0 spiro atoms. The third-order valence-electron chi connectivity index (χ3n) is 4.87. The van der Waals surface area contributed by atoms with Gasteiger partial charge in [-0.1, -0.05) is 6.92 Å². The summed E-state index contributed by atoms with van der Waals surface area (Å²) in [6.07, 6.45) is 0.927. The number of benzene rings is 1. The largest absolute Gasteiger partial charge is 0.494 e. The molecule has 2 amide bonds. The van der Waals surface area contributed by atoms with Crippen molar-refractivity contribution in [2.45, 2.75) is 20.3 Å². The van der Waals surface area contributed by atoms with Gasteiger partial charge in [-0.3, -0.25) is 19.6 Å². The van der Waals surface area contributed by atoms with Crippen LogP contribution in [-0.2, 0) is 4.79 Å². The van der Waals surface area contributed by atoms with Crippen molar-refractivity contribution in [2.24, 2.45) is 0 Å². The van der Waals surface area contributed by atoms with E-state index in [1.165, 1.54) is 0 Å². The highest BCUT2D eigenvalue weighted by Crippen LogP contribution is 2.22. The number of nitrogens with zero attached hydrogens (tertiary/aromatic N) is 3. The lowest BCUT2D eigenvalue weighted by Crippen LogP contribution is -2.51. The molecule has 1 fully saturated rings. The first-order valence-electron chi connectivity index (χ1n) is 10.2. The molecule has 1 saturated heterocycles. The Hall–Kier alpha value is -2.87. The molecule has 2 aromatic rings. The van der Waals surface area contributed by atoms with Gasteiger partial charge in [0.05, 0.1) is 18.8 Å². The van der Waals surface area contributed by atoms with Crippen LogP contribution in [0.2, 0.25) is 0 Å². The van der Waals surface area contributed by atoms with Crippen molar-refractivity contribution in [1.29, 1.82) is 0 Å². The van der Waals surface area contributed by atoms with Crippen molar-refractivity contribution >= 4 is 11.8 Å². The van der Waals surface area contributed by atoms with Crippen LogP contribution in [0.25, 0.3) is 11.3 Å². The van der Waals surface area contributed by atoms with Crippen LogP contribution in [0.4, 0.5) is 0 Å². The highest BCUT2D eigenvalue weighted by atomic mass is 16.5. The summed E-state index contributed by atoms with van der Waals surface area (Å²) >= 11 is 0. The Labute approximate surface area is 171 Å². The van der Waals surface area contributed by atoms with Gasteiger partial charge in [0, 0.05) is 38.3 Å². The topological polar surface area (TPSA) is 90.6 Å². The summed E-state index contributed by atoms with van der Waals surface area (Å²) in [4.78, 5) is 28.5. The predicted octanol–water partition coefficient (Wildman–Crippen LogP) is 1.76. The lowest BCUT2D eigenvalue weighted by Gasteiger charge is -2.34. The Balaban J connectivity index is 1.53. The third-order valence-corrected chi connectivity index (χ3v) is 4.87. The van der Waals surface area contributed by atoms with Crippen molar-refractivity contribution < 1.29 is 14.3 Å². The van der Waals surface area contributed by atoms with Crippen LogP contribution >= 0.6 is 0 Å².